The third-order valence-corrected chi connectivity index (χ3v) is 4.95. The fourth-order valence-electron chi connectivity index (χ4n) is 2.39. The van der Waals surface area contributed by atoms with E-state index in [0.29, 0.717) is 32.5 Å². The Morgan fingerprint density at radius 1 is 0.667 bits per heavy atom. The van der Waals surface area contributed by atoms with Crippen molar-refractivity contribution in [3.63, 3.8) is 0 Å². The molecule has 0 atom stereocenters. The van der Waals surface area contributed by atoms with Crippen LogP contribution in [0.3, 0.4) is 0 Å². The number of benzene rings is 2. The van der Waals surface area contributed by atoms with Crippen molar-refractivity contribution in [2.75, 3.05) is 13.2 Å². The van der Waals surface area contributed by atoms with Gasteiger partial charge in [0.25, 0.3) is 0 Å². The predicted molar refractivity (Wildman–Crippen MR) is 111 cm³/mol. The summed E-state index contributed by atoms with van der Waals surface area (Å²) >= 11 is 6.76. The Hall–Kier alpha value is -1.66. The molecule has 27 heavy (non-hydrogen) atoms. The molecule has 6 heteroatoms. The second-order valence-electron chi connectivity index (χ2n) is 6.05. The Morgan fingerprint density at radius 2 is 1.04 bits per heavy atom. The van der Waals surface area contributed by atoms with E-state index in [1.807, 2.05) is 48.5 Å². The molecule has 0 radical (unpaired) electrons. The van der Waals surface area contributed by atoms with Gasteiger partial charge in [0.15, 0.2) is 0 Å². The molecule has 0 bridgehead atoms. The lowest BCUT2D eigenvalue weighted by Gasteiger charge is -2.06. The fraction of sp³-hybridized carbons (Fsp3) is 0.333. The van der Waals surface area contributed by atoms with Crippen LogP contribution in [0.25, 0.3) is 0 Å². The number of esters is 2. The summed E-state index contributed by atoms with van der Waals surface area (Å²) in [7, 11) is 0. The molecule has 0 aromatic heterocycles. The van der Waals surface area contributed by atoms with Gasteiger partial charge in [-0.3, -0.25) is 9.59 Å². The summed E-state index contributed by atoms with van der Waals surface area (Å²) in [4.78, 5) is 23.4. The van der Waals surface area contributed by atoms with Crippen LogP contribution in [0.1, 0.15) is 30.4 Å². The van der Waals surface area contributed by atoms with E-state index in [-0.39, 0.29) is 24.8 Å². The van der Waals surface area contributed by atoms with Gasteiger partial charge in [0.05, 0.1) is 13.2 Å². The lowest BCUT2D eigenvalue weighted by Crippen LogP contribution is -2.10. The number of ether oxygens (including phenoxy) is 2. The highest BCUT2D eigenvalue weighted by Gasteiger charge is 2.08. The topological polar surface area (TPSA) is 52.6 Å². The molecule has 0 spiro atoms. The smallest absolute Gasteiger partial charge is 0.305 e. The maximum absolute atomic E-state index is 11.7. The molecule has 0 fully saturated rings. The van der Waals surface area contributed by atoms with Crippen LogP contribution in [0.2, 0.25) is 0 Å². The first-order chi connectivity index (χ1) is 13.0. The van der Waals surface area contributed by atoms with Gasteiger partial charge in [-0.25, -0.2) is 0 Å². The van der Waals surface area contributed by atoms with Gasteiger partial charge in [-0.05, 0) is 41.8 Å². The number of carbonyl (C=O) groups is 2. The highest BCUT2D eigenvalue weighted by atomic mass is 79.9. The van der Waals surface area contributed by atoms with Crippen molar-refractivity contribution in [2.45, 2.75) is 32.1 Å². The molecule has 0 saturated heterocycles. The van der Waals surface area contributed by atoms with Gasteiger partial charge in [0.1, 0.15) is 0 Å². The van der Waals surface area contributed by atoms with Crippen LogP contribution < -0.4 is 0 Å². The lowest BCUT2D eigenvalue weighted by molar-refractivity contribution is -0.145. The van der Waals surface area contributed by atoms with E-state index in [2.05, 4.69) is 31.9 Å². The monoisotopic (exact) mass is 496 g/mol. The van der Waals surface area contributed by atoms with Crippen molar-refractivity contribution in [2.24, 2.45) is 0 Å². The SMILES string of the molecule is O=C(CCCC(=O)OCCc1ccc(Br)cc1)OCCc1ccc(Br)cc1. The van der Waals surface area contributed by atoms with Crippen molar-refractivity contribution < 1.29 is 19.1 Å². The normalized spacial score (nSPS) is 10.4. The van der Waals surface area contributed by atoms with Crippen LogP contribution in [-0.4, -0.2) is 25.2 Å². The molecule has 0 heterocycles. The van der Waals surface area contributed by atoms with Crippen molar-refractivity contribution in [1.82, 2.24) is 0 Å². The van der Waals surface area contributed by atoms with Crippen molar-refractivity contribution in [3.8, 4) is 0 Å². The third kappa shape index (κ3) is 9.20. The molecule has 0 aliphatic heterocycles. The van der Waals surface area contributed by atoms with Crippen LogP contribution in [0.4, 0.5) is 0 Å². The molecule has 0 saturated carbocycles. The highest BCUT2D eigenvalue weighted by Crippen LogP contribution is 2.12. The second kappa shape index (κ2) is 11.9. The molecule has 0 aliphatic carbocycles. The molecule has 0 N–H and O–H groups in total. The molecule has 4 nitrogen and oxygen atoms in total. The Labute approximate surface area is 176 Å². The number of rotatable bonds is 10. The molecule has 144 valence electrons. The highest BCUT2D eigenvalue weighted by molar-refractivity contribution is 9.10. The minimum atomic E-state index is -0.283. The minimum Gasteiger partial charge on any atom is -0.465 e. The Bertz CT molecular complexity index is 663. The summed E-state index contributed by atoms with van der Waals surface area (Å²) in [5.74, 6) is -0.565. The van der Waals surface area contributed by atoms with E-state index in [9.17, 15) is 9.59 Å². The molecule has 2 aromatic rings. The Morgan fingerprint density at radius 3 is 1.41 bits per heavy atom. The van der Waals surface area contributed by atoms with Crippen molar-refractivity contribution in [1.29, 1.82) is 0 Å². The van der Waals surface area contributed by atoms with Gasteiger partial charge in [0, 0.05) is 34.6 Å². The summed E-state index contributed by atoms with van der Waals surface area (Å²) in [5.41, 5.74) is 2.22. The van der Waals surface area contributed by atoms with E-state index in [1.54, 1.807) is 0 Å². The zero-order chi connectivity index (χ0) is 19.5. The van der Waals surface area contributed by atoms with E-state index in [0.717, 1.165) is 20.1 Å². The van der Waals surface area contributed by atoms with Crippen LogP contribution >= 0.6 is 31.9 Å². The van der Waals surface area contributed by atoms with Crippen LogP contribution in [0.15, 0.2) is 57.5 Å². The van der Waals surface area contributed by atoms with E-state index in [1.165, 1.54) is 0 Å². The first kappa shape index (κ1) is 21.6. The average molecular weight is 498 g/mol. The van der Waals surface area contributed by atoms with Gasteiger partial charge < -0.3 is 9.47 Å². The number of hydrogen-bond acceptors (Lipinski definition) is 4. The van der Waals surface area contributed by atoms with Crippen LogP contribution in [-0.2, 0) is 31.9 Å². The molecule has 0 amide bonds. The molecule has 0 unspecified atom stereocenters. The Kier molecular flexibility index (Phi) is 9.56. The van der Waals surface area contributed by atoms with E-state index >= 15 is 0 Å². The third-order valence-electron chi connectivity index (χ3n) is 3.90. The second-order valence-corrected chi connectivity index (χ2v) is 7.88. The maximum Gasteiger partial charge on any atom is 0.305 e. The number of halogens is 2. The molecule has 2 aromatic carbocycles. The summed E-state index contributed by atoms with van der Waals surface area (Å²) < 4.78 is 12.4. The first-order valence-electron chi connectivity index (χ1n) is 8.83. The average Bonchev–Trinajstić information content (AvgIpc) is 2.65. The summed E-state index contributed by atoms with van der Waals surface area (Å²) in [6.45, 7) is 0.691. The summed E-state index contributed by atoms with van der Waals surface area (Å²) in [5, 5.41) is 0. The van der Waals surface area contributed by atoms with Gasteiger partial charge in [0.2, 0.25) is 0 Å². The molecular weight excluding hydrogens is 476 g/mol. The summed E-state index contributed by atoms with van der Waals surface area (Å²) in [6, 6.07) is 15.8. The van der Waals surface area contributed by atoms with Crippen LogP contribution in [0.5, 0.6) is 0 Å². The molecular formula is C21H22Br2O4. The predicted octanol–water partition coefficient (Wildman–Crippen LogP) is 5.25. The quantitative estimate of drug-likeness (QED) is 0.420. The summed E-state index contributed by atoms with van der Waals surface area (Å²) in [6.07, 6.45) is 2.24. The minimum absolute atomic E-state index is 0.224. The lowest BCUT2D eigenvalue weighted by atomic mass is 10.2. The van der Waals surface area contributed by atoms with Crippen molar-refractivity contribution in [3.05, 3.63) is 68.6 Å². The van der Waals surface area contributed by atoms with Gasteiger partial charge in [-0.2, -0.15) is 0 Å². The van der Waals surface area contributed by atoms with Crippen molar-refractivity contribution >= 4 is 43.8 Å². The number of hydrogen-bond donors (Lipinski definition) is 0. The molecule has 0 aliphatic rings. The van der Waals surface area contributed by atoms with E-state index < -0.39 is 0 Å². The van der Waals surface area contributed by atoms with Crippen LogP contribution in [0, 0.1) is 0 Å². The fourth-order valence-corrected chi connectivity index (χ4v) is 2.92. The standard InChI is InChI=1S/C21H22Br2O4/c22-18-8-4-16(5-9-18)12-14-26-20(24)2-1-3-21(25)27-15-13-17-6-10-19(23)11-7-17/h4-11H,1-3,12-15H2. The Balaban J connectivity index is 1.51. The first-order valence-corrected chi connectivity index (χ1v) is 10.4. The largest absolute Gasteiger partial charge is 0.465 e. The zero-order valence-corrected chi connectivity index (χ0v) is 18.1. The van der Waals surface area contributed by atoms with Gasteiger partial charge >= 0.3 is 11.9 Å². The number of carbonyl (C=O) groups excluding carboxylic acids is 2. The van der Waals surface area contributed by atoms with E-state index in [4.69, 9.17) is 9.47 Å². The zero-order valence-electron chi connectivity index (χ0n) is 15.0. The van der Waals surface area contributed by atoms with Gasteiger partial charge in [-0.15, -0.1) is 0 Å². The molecule has 2 rings (SSSR count). The maximum atomic E-state index is 11.7. The van der Waals surface area contributed by atoms with Gasteiger partial charge in [-0.1, -0.05) is 56.1 Å².